The summed E-state index contributed by atoms with van der Waals surface area (Å²) in [5.74, 6) is -2.55. The van der Waals surface area contributed by atoms with Crippen LogP contribution in [0.1, 0.15) is 19.0 Å². The van der Waals surface area contributed by atoms with Gasteiger partial charge in [0.05, 0.1) is 25.3 Å². The van der Waals surface area contributed by atoms with Crippen LogP contribution in [0.4, 0.5) is 13.2 Å². The highest BCUT2D eigenvalue weighted by Gasteiger charge is 2.48. The van der Waals surface area contributed by atoms with Gasteiger partial charge in [0.2, 0.25) is 15.9 Å². The van der Waals surface area contributed by atoms with Crippen LogP contribution in [-0.2, 0) is 30.9 Å². The number of aromatic nitrogens is 1. The molecule has 2 aliphatic heterocycles. The van der Waals surface area contributed by atoms with Crippen LogP contribution in [0.25, 0.3) is 0 Å². The monoisotopic (exact) mass is 545 g/mol. The molecule has 4 rings (SSSR count). The maximum Gasteiger partial charge on any atom is 0.490 e. The van der Waals surface area contributed by atoms with Crippen LogP contribution < -0.4 is 4.74 Å². The SMILES string of the molecule is CCOCC(=O)N1CCC2(C1)CN(Cc1ccccn1)S(=O)(=O)c1ccccc1O2.O=C(O)C(F)(F)F. The maximum absolute atomic E-state index is 13.4. The summed E-state index contributed by atoms with van der Waals surface area (Å²) in [5.41, 5.74) is -0.172. The van der Waals surface area contributed by atoms with E-state index in [1.54, 1.807) is 47.5 Å². The number of alkyl halides is 3. The van der Waals surface area contributed by atoms with Crippen molar-refractivity contribution in [3.63, 3.8) is 0 Å². The van der Waals surface area contributed by atoms with Gasteiger partial charge >= 0.3 is 12.1 Å². The minimum atomic E-state index is -5.08. The summed E-state index contributed by atoms with van der Waals surface area (Å²) < 4.78 is 71.6. The van der Waals surface area contributed by atoms with Gasteiger partial charge in [0.1, 0.15) is 22.9 Å². The molecule has 1 unspecified atom stereocenters. The molecule has 1 aromatic heterocycles. The Morgan fingerprint density at radius 3 is 2.46 bits per heavy atom. The van der Waals surface area contributed by atoms with Gasteiger partial charge < -0.3 is 19.5 Å². The van der Waals surface area contributed by atoms with Gasteiger partial charge in [-0.25, -0.2) is 13.2 Å². The molecule has 0 bridgehead atoms. The number of para-hydroxylation sites is 1. The minimum Gasteiger partial charge on any atom is -0.483 e. The van der Waals surface area contributed by atoms with E-state index < -0.39 is 27.8 Å². The van der Waals surface area contributed by atoms with Crippen LogP contribution in [0.2, 0.25) is 0 Å². The molecule has 1 N–H and O–H groups in total. The number of ether oxygens (including phenoxy) is 2. The van der Waals surface area contributed by atoms with Gasteiger partial charge in [-0.3, -0.25) is 9.78 Å². The molecule has 1 aromatic carbocycles. The molecule has 1 saturated heterocycles. The Bertz CT molecular complexity index is 1210. The van der Waals surface area contributed by atoms with Gasteiger partial charge in [0, 0.05) is 25.8 Å². The number of fused-ring (bicyclic) bond motifs is 1. The van der Waals surface area contributed by atoms with Crippen molar-refractivity contribution in [1.29, 1.82) is 0 Å². The first-order chi connectivity index (χ1) is 17.4. The van der Waals surface area contributed by atoms with Crippen LogP contribution in [0.15, 0.2) is 53.6 Å². The van der Waals surface area contributed by atoms with E-state index in [1.807, 2.05) is 13.0 Å². The van der Waals surface area contributed by atoms with E-state index in [4.69, 9.17) is 19.4 Å². The first-order valence-electron chi connectivity index (χ1n) is 11.2. The number of halogens is 3. The van der Waals surface area contributed by atoms with E-state index in [2.05, 4.69) is 4.98 Å². The summed E-state index contributed by atoms with van der Waals surface area (Å²) in [6.45, 7) is 3.38. The van der Waals surface area contributed by atoms with Crippen molar-refractivity contribution in [2.24, 2.45) is 0 Å². The Hall–Kier alpha value is -3.23. The first kappa shape index (κ1) is 28.3. The number of sulfonamides is 1. The number of carboxylic acid groups (broad SMARTS) is 1. The quantitative estimate of drug-likeness (QED) is 0.607. The number of carboxylic acids is 1. The Balaban J connectivity index is 0.000000479. The number of benzene rings is 1. The Kier molecular flexibility index (Phi) is 8.76. The molecule has 1 spiro atoms. The fraction of sp³-hybridized carbons (Fsp3) is 0.435. The second-order valence-corrected chi connectivity index (χ2v) is 10.2. The van der Waals surface area contributed by atoms with Crippen molar-refractivity contribution >= 4 is 21.9 Å². The van der Waals surface area contributed by atoms with Crippen LogP contribution in [-0.4, -0.2) is 84.2 Å². The summed E-state index contributed by atoms with van der Waals surface area (Å²) >= 11 is 0. The van der Waals surface area contributed by atoms with Crippen LogP contribution in [0.5, 0.6) is 5.75 Å². The van der Waals surface area contributed by atoms with Crippen LogP contribution in [0.3, 0.4) is 0 Å². The van der Waals surface area contributed by atoms with Crippen molar-refractivity contribution < 1.29 is 45.8 Å². The zero-order valence-corrected chi connectivity index (χ0v) is 20.7. The van der Waals surface area contributed by atoms with Crippen LogP contribution in [0, 0.1) is 0 Å². The van der Waals surface area contributed by atoms with Crippen molar-refractivity contribution in [2.75, 3.05) is 32.8 Å². The zero-order chi connectivity index (χ0) is 27.3. The molecule has 0 radical (unpaired) electrons. The molecule has 1 amide bonds. The summed E-state index contributed by atoms with van der Waals surface area (Å²) in [7, 11) is -3.79. The van der Waals surface area contributed by atoms with E-state index in [-0.39, 0.29) is 30.5 Å². The predicted molar refractivity (Wildman–Crippen MR) is 123 cm³/mol. The second-order valence-electron chi connectivity index (χ2n) is 8.33. The number of nitrogens with zero attached hydrogens (tertiary/aromatic N) is 3. The summed E-state index contributed by atoms with van der Waals surface area (Å²) in [5, 5.41) is 7.12. The number of hydrogen-bond acceptors (Lipinski definition) is 7. The fourth-order valence-electron chi connectivity index (χ4n) is 3.92. The molecule has 1 atom stereocenters. The third-order valence-corrected chi connectivity index (χ3v) is 7.49. The molecule has 2 aliphatic rings. The van der Waals surface area contributed by atoms with Gasteiger partial charge in [-0.1, -0.05) is 18.2 Å². The van der Waals surface area contributed by atoms with E-state index >= 15 is 0 Å². The van der Waals surface area contributed by atoms with Crippen molar-refractivity contribution in [3.05, 3.63) is 54.4 Å². The standard InChI is InChI=1S/C21H25N3O5S.C2HF3O2/c1-2-28-14-20(25)23-12-10-21(15-23)16-24(13-17-7-5-6-11-22-17)30(26,27)19-9-4-3-8-18(19)29-21;3-2(4,5)1(6)7/h3-9,11H,2,10,12-16H2,1H3;(H,6,7). The summed E-state index contributed by atoms with van der Waals surface area (Å²) in [4.78, 5) is 27.5. The topological polar surface area (TPSA) is 126 Å². The normalized spacial score (nSPS) is 20.8. The highest BCUT2D eigenvalue weighted by molar-refractivity contribution is 7.89. The molecule has 1 fully saturated rings. The molecule has 10 nitrogen and oxygen atoms in total. The second kappa shape index (κ2) is 11.4. The van der Waals surface area contributed by atoms with Crippen molar-refractivity contribution in [2.45, 2.75) is 36.6 Å². The molecule has 37 heavy (non-hydrogen) atoms. The molecule has 3 heterocycles. The van der Waals surface area contributed by atoms with Gasteiger partial charge in [-0.05, 0) is 31.2 Å². The average Bonchev–Trinajstić information content (AvgIpc) is 3.23. The Labute approximate surface area is 211 Å². The molecule has 14 heteroatoms. The number of hydrogen-bond donors (Lipinski definition) is 1. The first-order valence-corrected chi connectivity index (χ1v) is 12.7. The third-order valence-electron chi connectivity index (χ3n) is 5.66. The highest BCUT2D eigenvalue weighted by Crippen LogP contribution is 2.38. The fourth-order valence-corrected chi connectivity index (χ4v) is 5.52. The third kappa shape index (κ3) is 6.96. The smallest absolute Gasteiger partial charge is 0.483 e. The molecule has 2 aromatic rings. The number of aliphatic carboxylic acids is 1. The number of rotatable bonds is 5. The predicted octanol–water partition coefficient (Wildman–Crippen LogP) is 2.31. The average molecular weight is 546 g/mol. The molecule has 202 valence electrons. The van der Waals surface area contributed by atoms with E-state index in [9.17, 15) is 26.4 Å². The lowest BCUT2D eigenvalue weighted by Crippen LogP contribution is -2.49. The van der Waals surface area contributed by atoms with E-state index in [0.29, 0.717) is 37.6 Å². The molecular weight excluding hydrogens is 519 g/mol. The summed E-state index contributed by atoms with van der Waals surface area (Å²) in [6, 6.07) is 12.1. The van der Waals surface area contributed by atoms with E-state index in [0.717, 1.165) is 0 Å². The Morgan fingerprint density at radius 1 is 1.16 bits per heavy atom. The minimum absolute atomic E-state index is 0.0130. The largest absolute Gasteiger partial charge is 0.490 e. The van der Waals surface area contributed by atoms with Gasteiger partial charge in [0.15, 0.2) is 0 Å². The number of carbonyl (C=O) groups is 2. The number of likely N-dealkylation sites (tertiary alicyclic amines) is 1. The molecular formula is C23H26F3N3O7S. The maximum atomic E-state index is 13.4. The van der Waals surface area contributed by atoms with Crippen molar-refractivity contribution in [1.82, 2.24) is 14.2 Å². The molecule has 0 saturated carbocycles. The van der Waals surface area contributed by atoms with Crippen LogP contribution >= 0.6 is 0 Å². The zero-order valence-electron chi connectivity index (χ0n) is 19.8. The number of pyridine rings is 1. The molecule has 0 aliphatic carbocycles. The van der Waals surface area contributed by atoms with E-state index in [1.165, 1.54) is 4.31 Å². The van der Waals surface area contributed by atoms with Gasteiger partial charge in [0.25, 0.3) is 0 Å². The lowest BCUT2D eigenvalue weighted by Gasteiger charge is -2.31. The number of carbonyl (C=O) groups excluding carboxylic acids is 1. The van der Waals surface area contributed by atoms with Gasteiger partial charge in [-0.15, -0.1) is 0 Å². The van der Waals surface area contributed by atoms with Gasteiger partial charge in [-0.2, -0.15) is 17.5 Å². The highest BCUT2D eigenvalue weighted by atomic mass is 32.2. The van der Waals surface area contributed by atoms with Crippen molar-refractivity contribution in [3.8, 4) is 5.75 Å². The Morgan fingerprint density at radius 2 is 1.84 bits per heavy atom. The number of amides is 1. The lowest BCUT2D eigenvalue weighted by molar-refractivity contribution is -0.192. The summed E-state index contributed by atoms with van der Waals surface area (Å²) in [6.07, 6.45) is -2.91. The lowest BCUT2D eigenvalue weighted by atomic mass is 10.0.